The number of carbonyl (C=O) groups is 1. The zero-order valence-corrected chi connectivity index (χ0v) is 16.3. The number of hydrogen-bond donors (Lipinski definition) is 0. The normalized spacial score (nSPS) is 11.9. The van der Waals surface area contributed by atoms with Crippen molar-refractivity contribution in [2.75, 3.05) is 14.1 Å². The fraction of sp³-hybridized carbons (Fsp3) is 0.167. The Balaban J connectivity index is 1.93. The predicted molar refractivity (Wildman–Crippen MR) is 106 cm³/mol. The molecule has 2 aromatic carbocycles. The molecule has 0 aliphatic carbocycles. The molecule has 3 rings (SSSR count). The lowest BCUT2D eigenvalue weighted by atomic mass is 10.1. The molecule has 0 spiro atoms. The lowest BCUT2D eigenvalue weighted by Gasteiger charge is -2.19. The molecule has 0 radical (unpaired) electrons. The van der Waals surface area contributed by atoms with Gasteiger partial charge in [-0.2, -0.15) is 0 Å². The van der Waals surface area contributed by atoms with E-state index in [-0.39, 0.29) is 11.2 Å². The zero-order chi connectivity index (χ0) is 17.8. The Hall–Kier alpha value is -1.96. The summed E-state index contributed by atoms with van der Waals surface area (Å²) in [5.74, 6) is 0.0311. The maximum absolute atomic E-state index is 12.7. The lowest BCUT2D eigenvalue weighted by molar-refractivity contribution is -0.128. The number of thioether (sulfide) groups is 1. The first-order valence-electron chi connectivity index (χ1n) is 7.64. The van der Waals surface area contributed by atoms with Crippen LogP contribution in [0.5, 0.6) is 0 Å². The molecule has 1 aromatic heterocycles. The van der Waals surface area contributed by atoms with Crippen molar-refractivity contribution in [2.45, 2.75) is 9.59 Å². The van der Waals surface area contributed by atoms with Crippen molar-refractivity contribution in [3.8, 4) is 5.69 Å². The van der Waals surface area contributed by atoms with Gasteiger partial charge in [-0.15, -0.1) is 5.10 Å². The third kappa shape index (κ3) is 4.18. The SMILES string of the molecule is CN(C)C(=O)[C@H](Sc1nn(-c2ccccc2)c(=S)s1)c1ccccc1. The van der Waals surface area contributed by atoms with Gasteiger partial charge in [-0.05, 0) is 29.9 Å². The minimum absolute atomic E-state index is 0.0311. The molecule has 3 aromatic rings. The first-order valence-corrected chi connectivity index (χ1v) is 9.75. The maximum Gasteiger partial charge on any atom is 0.240 e. The quantitative estimate of drug-likeness (QED) is 0.474. The maximum atomic E-state index is 12.7. The molecule has 0 N–H and O–H groups in total. The fourth-order valence-electron chi connectivity index (χ4n) is 2.26. The predicted octanol–water partition coefficient (Wildman–Crippen LogP) is 4.58. The van der Waals surface area contributed by atoms with Crippen molar-refractivity contribution in [1.29, 1.82) is 0 Å². The molecule has 0 aliphatic rings. The average Bonchev–Trinajstić information content (AvgIpc) is 3.01. The van der Waals surface area contributed by atoms with Crippen molar-refractivity contribution in [3.05, 3.63) is 70.2 Å². The highest BCUT2D eigenvalue weighted by Gasteiger charge is 2.25. The number of para-hydroxylation sites is 1. The van der Waals surface area contributed by atoms with E-state index in [1.54, 1.807) is 23.7 Å². The number of amides is 1. The van der Waals surface area contributed by atoms with E-state index in [1.165, 1.54) is 23.1 Å². The van der Waals surface area contributed by atoms with E-state index in [9.17, 15) is 4.79 Å². The summed E-state index contributed by atoms with van der Waals surface area (Å²) in [6, 6.07) is 19.5. The van der Waals surface area contributed by atoms with Crippen molar-refractivity contribution in [2.24, 2.45) is 0 Å². The van der Waals surface area contributed by atoms with Crippen LogP contribution in [0.2, 0.25) is 0 Å². The van der Waals surface area contributed by atoms with Gasteiger partial charge in [-0.1, -0.05) is 71.6 Å². The Kier molecular flexibility index (Phi) is 5.67. The molecule has 0 aliphatic heterocycles. The second-order valence-corrected chi connectivity index (χ2v) is 8.50. The van der Waals surface area contributed by atoms with E-state index in [2.05, 4.69) is 5.10 Å². The van der Waals surface area contributed by atoms with Gasteiger partial charge in [0.05, 0.1) is 5.69 Å². The molecule has 0 unspecified atom stereocenters. The molecule has 128 valence electrons. The average molecular weight is 388 g/mol. The molecule has 1 heterocycles. The Bertz CT molecular complexity index is 904. The van der Waals surface area contributed by atoms with Crippen LogP contribution < -0.4 is 0 Å². The second-order valence-electron chi connectivity index (χ2n) is 5.52. The van der Waals surface area contributed by atoms with Gasteiger partial charge in [0, 0.05) is 14.1 Å². The Morgan fingerprint density at radius 2 is 1.72 bits per heavy atom. The molecule has 25 heavy (non-hydrogen) atoms. The topological polar surface area (TPSA) is 38.1 Å². The minimum atomic E-state index is -0.346. The smallest absolute Gasteiger partial charge is 0.240 e. The Morgan fingerprint density at radius 1 is 1.12 bits per heavy atom. The Labute approximate surface area is 160 Å². The van der Waals surface area contributed by atoms with Crippen molar-refractivity contribution < 1.29 is 4.79 Å². The van der Waals surface area contributed by atoms with Gasteiger partial charge < -0.3 is 4.90 Å². The van der Waals surface area contributed by atoms with Crippen molar-refractivity contribution in [3.63, 3.8) is 0 Å². The molecule has 0 saturated carbocycles. The van der Waals surface area contributed by atoms with Gasteiger partial charge in [0.1, 0.15) is 5.25 Å². The largest absolute Gasteiger partial charge is 0.348 e. The van der Waals surface area contributed by atoms with Crippen LogP contribution in [0.15, 0.2) is 65.0 Å². The molecule has 4 nitrogen and oxygen atoms in total. The molecular weight excluding hydrogens is 370 g/mol. The van der Waals surface area contributed by atoms with Crippen LogP contribution in [0.1, 0.15) is 10.8 Å². The number of hydrogen-bond acceptors (Lipinski definition) is 5. The van der Waals surface area contributed by atoms with E-state index >= 15 is 0 Å². The number of nitrogens with zero attached hydrogens (tertiary/aromatic N) is 3. The van der Waals surface area contributed by atoms with Gasteiger partial charge in [0.2, 0.25) is 5.91 Å². The van der Waals surface area contributed by atoms with Crippen molar-refractivity contribution >= 4 is 41.2 Å². The first kappa shape index (κ1) is 17.8. The van der Waals surface area contributed by atoms with E-state index in [0.717, 1.165) is 15.6 Å². The van der Waals surface area contributed by atoms with Crippen LogP contribution in [0.4, 0.5) is 0 Å². The van der Waals surface area contributed by atoms with Gasteiger partial charge in [0.25, 0.3) is 0 Å². The molecule has 0 fully saturated rings. The summed E-state index contributed by atoms with van der Waals surface area (Å²) in [6.07, 6.45) is 0. The summed E-state index contributed by atoms with van der Waals surface area (Å²) in [5, 5.41) is 4.26. The van der Waals surface area contributed by atoms with Crippen LogP contribution in [-0.2, 0) is 4.79 Å². The van der Waals surface area contributed by atoms with Crippen LogP contribution in [0, 0.1) is 3.95 Å². The molecule has 7 heteroatoms. The Morgan fingerprint density at radius 3 is 2.32 bits per heavy atom. The first-order chi connectivity index (χ1) is 12.1. The van der Waals surface area contributed by atoms with Crippen molar-refractivity contribution in [1.82, 2.24) is 14.7 Å². The highest BCUT2D eigenvalue weighted by Crippen LogP contribution is 2.38. The summed E-state index contributed by atoms with van der Waals surface area (Å²) >= 11 is 8.31. The number of aromatic nitrogens is 2. The molecule has 1 atom stereocenters. The second kappa shape index (κ2) is 7.95. The molecule has 1 amide bonds. The van der Waals surface area contributed by atoms with Crippen LogP contribution in [0.25, 0.3) is 5.69 Å². The molecular formula is C18H17N3OS3. The summed E-state index contributed by atoms with van der Waals surface area (Å²) < 4.78 is 3.18. The highest BCUT2D eigenvalue weighted by atomic mass is 32.2. The lowest BCUT2D eigenvalue weighted by Crippen LogP contribution is -2.26. The molecule has 0 saturated heterocycles. The summed E-state index contributed by atoms with van der Waals surface area (Å²) in [7, 11) is 3.53. The summed E-state index contributed by atoms with van der Waals surface area (Å²) in [6.45, 7) is 0. The third-order valence-corrected chi connectivity index (χ3v) is 6.07. The van der Waals surface area contributed by atoms with E-state index in [4.69, 9.17) is 12.2 Å². The fourth-order valence-corrected chi connectivity index (χ4v) is 4.96. The van der Waals surface area contributed by atoms with E-state index < -0.39 is 0 Å². The standard InChI is InChI=1S/C18H17N3OS3/c1-20(2)16(22)15(13-9-5-3-6-10-13)24-17-19-21(18(23)25-17)14-11-7-4-8-12-14/h3-12,15H,1-2H3/t15-/m1/s1. The number of benzene rings is 2. The van der Waals surface area contributed by atoms with E-state index in [1.807, 2.05) is 60.7 Å². The number of rotatable bonds is 5. The monoisotopic (exact) mass is 387 g/mol. The van der Waals surface area contributed by atoms with Gasteiger partial charge in [-0.3, -0.25) is 4.79 Å². The van der Waals surface area contributed by atoms with Gasteiger partial charge >= 0.3 is 0 Å². The zero-order valence-electron chi connectivity index (χ0n) is 13.8. The van der Waals surface area contributed by atoms with Crippen LogP contribution in [0.3, 0.4) is 0 Å². The minimum Gasteiger partial charge on any atom is -0.348 e. The van der Waals surface area contributed by atoms with E-state index in [0.29, 0.717) is 3.95 Å². The van der Waals surface area contributed by atoms with Gasteiger partial charge in [0.15, 0.2) is 8.29 Å². The summed E-state index contributed by atoms with van der Waals surface area (Å²) in [5.41, 5.74) is 1.88. The van der Waals surface area contributed by atoms with Crippen LogP contribution in [-0.4, -0.2) is 34.7 Å². The van der Waals surface area contributed by atoms with Gasteiger partial charge in [-0.25, -0.2) is 4.68 Å². The number of likely N-dealkylation sites (N-methyl/N-ethyl adjacent to an activating group) is 1. The number of carbonyl (C=O) groups excluding carboxylic acids is 1. The molecule has 0 bridgehead atoms. The summed E-state index contributed by atoms with van der Waals surface area (Å²) in [4.78, 5) is 14.3. The van der Waals surface area contributed by atoms with Crippen LogP contribution >= 0.6 is 35.3 Å². The highest BCUT2D eigenvalue weighted by molar-refractivity contribution is 8.02. The third-order valence-electron chi connectivity index (χ3n) is 3.52.